The summed E-state index contributed by atoms with van der Waals surface area (Å²) in [6.45, 7) is 3.12. The van der Waals surface area contributed by atoms with Crippen LogP contribution in [0.3, 0.4) is 0 Å². The number of thiocarbonyl (C=S) groups is 1. The van der Waals surface area contributed by atoms with Crippen LogP contribution in [0.4, 0.5) is 26.4 Å². The number of carbonyl (C=O) groups is 2. The van der Waals surface area contributed by atoms with Gasteiger partial charge in [-0.2, -0.15) is 5.10 Å². The third kappa shape index (κ3) is 7.27. The van der Waals surface area contributed by atoms with Crippen LogP contribution in [0.25, 0.3) is 0 Å². The third-order valence-corrected chi connectivity index (χ3v) is 9.56. The Morgan fingerprint density at radius 3 is 2.80 bits per heavy atom. The number of aryl methyl sites for hydroxylation is 2. The van der Waals surface area contributed by atoms with E-state index in [4.69, 9.17) is 17.0 Å². The number of rotatable bonds is 10. The molecule has 15 heteroatoms. The van der Waals surface area contributed by atoms with Crippen molar-refractivity contribution < 1.29 is 18.7 Å². The highest BCUT2D eigenvalue weighted by atomic mass is 32.1. The molecule has 2 atom stereocenters. The van der Waals surface area contributed by atoms with Crippen molar-refractivity contribution in [2.75, 3.05) is 44.1 Å². The number of likely N-dealkylation sites (N-methyl/N-ethyl adjacent to an activating group) is 1. The summed E-state index contributed by atoms with van der Waals surface area (Å²) >= 11 is 5.74. The molecule has 4 aromatic rings. The molecule has 2 aromatic carbocycles. The van der Waals surface area contributed by atoms with E-state index >= 15 is 0 Å². The lowest BCUT2D eigenvalue weighted by atomic mass is 10.0. The summed E-state index contributed by atoms with van der Waals surface area (Å²) in [5, 5.41) is 19.3. The molecule has 2 aromatic heterocycles. The van der Waals surface area contributed by atoms with Crippen LogP contribution in [0.15, 0.2) is 54.9 Å². The first-order valence-corrected chi connectivity index (χ1v) is 16.6. The summed E-state index contributed by atoms with van der Waals surface area (Å²) in [5.74, 6) is 0.723. The molecule has 4 heterocycles. The van der Waals surface area contributed by atoms with Gasteiger partial charge in [0.25, 0.3) is 5.91 Å². The van der Waals surface area contributed by atoms with E-state index in [1.54, 1.807) is 37.6 Å². The first kappa shape index (κ1) is 34.0. The second-order valence-electron chi connectivity index (χ2n) is 12.6. The Morgan fingerprint density at radius 1 is 1.20 bits per heavy atom. The summed E-state index contributed by atoms with van der Waals surface area (Å²) < 4.78 is 21.4. The second-order valence-corrected chi connectivity index (χ2v) is 13.0. The average molecular weight is 689 g/mol. The molecular weight excluding hydrogens is 648 g/mol. The lowest BCUT2D eigenvalue weighted by molar-refractivity contribution is 0.0985. The highest BCUT2D eigenvalue weighted by Crippen LogP contribution is 2.36. The quantitative estimate of drug-likeness (QED) is 0.183. The zero-order valence-corrected chi connectivity index (χ0v) is 28.9. The minimum atomic E-state index is -0.426. The molecule has 2 aliphatic heterocycles. The van der Waals surface area contributed by atoms with Crippen LogP contribution in [0.5, 0.6) is 0 Å². The van der Waals surface area contributed by atoms with Crippen molar-refractivity contribution >= 4 is 46.3 Å². The van der Waals surface area contributed by atoms with E-state index in [-0.39, 0.29) is 37.2 Å². The van der Waals surface area contributed by atoms with Crippen molar-refractivity contribution in [1.29, 1.82) is 0 Å². The number of nitrogens with zero attached hydrogens (tertiary/aromatic N) is 8. The predicted octanol–water partition coefficient (Wildman–Crippen LogP) is 4.51. The molecule has 2 N–H and O–H groups in total. The van der Waals surface area contributed by atoms with Crippen molar-refractivity contribution in [3.8, 4) is 0 Å². The standard InChI is InChI=1S/C34H41FN10O3S/c1-22-14-23(32(46)43-18-25-17-37-42(4)31(25)38-28-8-5-6-9-29(28)43)10-11-24(22)16-36-34(47)44-20-27(15-30(44)33(49)41(2)3)45-19-26(39-40-45)21-48-13-7-12-35/h5-6,8-11,14,17,19,27,30,38H,7,12-13,15-16,18,20-21H2,1-4H3,(H,36,47)/t27-,30+/m1/s1. The van der Waals surface area contributed by atoms with E-state index in [1.807, 2.05) is 69.4 Å². The van der Waals surface area contributed by atoms with Crippen LogP contribution in [0, 0.1) is 6.92 Å². The fraction of sp³-hybridized carbons (Fsp3) is 0.412. The number of benzene rings is 2. The number of alkyl halides is 1. The number of anilines is 3. The van der Waals surface area contributed by atoms with E-state index in [1.165, 1.54) is 0 Å². The van der Waals surface area contributed by atoms with Gasteiger partial charge < -0.3 is 30.1 Å². The number of amides is 3. The molecule has 3 amide bonds. The highest BCUT2D eigenvalue weighted by Gasteiger charge is 2.40. The molecule has 13 nitrogen and oxygen atoms in total. The van der Waals surface area contributed by atoms with Crippen molar-refractivity contribution in [3.63, 3.8) is 0 Å². The normalized spacial score (nSPS) is 16.8. The fourth-order valence-corrected chi connectivity index (χ4v) is 6.47. The highest BCUT2D eigenvalue weighted by molar-refractivity contribution is 7.80. The lowest BCUT2D eigenvalue weighted by Gasteiger charge is -2.28. The summed E-state index contributed by atoms with van der Waals surface area (Å²) in [7, 11) is 5.61. The second kappa shape index (κ2) is 14.7. The minimum absolute atomic E-state index is 0.129. The van der Waals surface area contributed by atoms with Crippen LogP contribution < -0.4 is 15.5 Å². The Labute approximate surface area is 290 Å². The molecule has 0 saturated carbocycles. The molecule has 0 radical (unpaired) electrons. The molecule has 0 spiro atoms. The summed E-state index contributed by atoms with van der Waals surface area (Å²) in [6, 6.07) is 12.6. The number of likely N-dealkylation sites (tertiary alicyclic amines) is 1. The number of hydrogen-bond acceptors (Lipinski definition) is 8. The van der Waals surface area contributed by atoms with Crippen LogP contribution >= 0.6 is 12.2 Å². The van der Waals surface area contributed by atoms with E-state index in [0.717, 1.165) is 33.9 Å². The Morgan fingerprint density at radius 2 is 2.02 bits per heavy atom. The van der Waals surface area contributed by atoms with E-state index in [0.29, 0.717) is 48.8 Å². The largest absolute Gasteiger partial charge is 0.375 e. The molecule has 0 bridgehead atoms. The molecular formula is C34H41FN10O3S. The van der Waals surface area contributed by atoms with Gasteiger partial charge in [-0.3, -0.25) is 13.9 Å². The van der Waals surface area contributed by atoms with Gasteiger partial charge in [0.1, 0.15) is 16.5 Å². The molecule has 1 saturated heterocycles. The van der Waals surface area contributed by atoms with Gasteiger partial charge in [-0.25, -0.2) is 9.48 Å². The van der Waals surface area contributed by atoms with Gasteiger partial charge in [0, 0.05) is 52.0 Å². The monoisotopic (exact) mass is 688 g/mol. The number of ether oxygens (including phenoxy) is 1. The Balaban J connectivity index is 1.13. The lowest BCUT2D eigenvalue weighted by Crippen LogP contribution is -2.48. The SMILES string of the molecule is Cc1cc(C(=O)N2Cc3cnn(C)c3Nc3ccccc32)ccc1CNC(=O)N1C[C@H](n2cc(COCCCF)nn2)C[C@H]1C(=S)N(C)C. The smallest absolute Gasteiger partial charge is 0.318 e. The zero-order chi connectivity index (χ0) is 34.7. The van der Waals surface area contributed by atoms with Crippen molar-refractivity contribution in [2.45, 2.75) is 51.5 Å². The number of nitrogens with one attached hydrogen (secondary N) is 2. The minimum Gasteiger partial charge on any atom is -0.375 e. The fourth-order valence-electron chi connectivity index (χ4n) is 6.25. The number of hydrogen-bond donors (Lipinski definition) is 2. The molecule has 1 fully saturated rings. The van der Waals surface area contributed by atoms with Crippen LogP contribution in [-0.2, 0) is 31.5 Å². The maximum Gasteiger partial charge on any atom is 0.318 e. The Bertz CT molecular complexity index is 1840. The maximum atomic E-state index is 14.0. The molecule has 49 heavy (non-hydrogen) atoms. The first-order valence-electron chi connectivity index (χ1n) is 16.2. The zero-order valence-electron chi connectivity index (χ0n) is 28.1. The molecule has 258 valence electrons. The third-order valence-electron chi connectivity index (χ3n) is 8.93. The number of aromatic nitrogens is 5. The van der Waals surface area contributed by atoms with Gasteiger partial charge in [-0.1, -0.05) is 35.6 Å². The van der Waals surface area contributed by atoms with Gasteiger partial charge >= 0.3 is 6.03 Å². The van der Waals surface area contributed by atoms with Crippen molar-refractivity contribution in [2.24, 2.45) is 7.05 Å². The number of carbonyl (C=O) groups excluding carboxylic acids is 2. The number of urea groups is 1. The van der Waals surface area contributed by atoms with Crippen LogP contribution in [0.1, 0.15) is 51.6 Å². The Hall–Kier alpha value is -4.89. The Kier molecular flexibility index (Phi) is 10.2. The van der Waals surface area contributed by atoms with E-state index in [9.17, 15) is 14.0 Å². The van der Waals surface area contributed by atoms with E-state index < -0.39 is 6.67 Å². The summed E-state index contributed by atoms with van der Waals surface area (Å²) in [4.78, 5) is 33.6. The molecule has 0 aliphatic carbocycles. The summed E-state index contributed by atoms with van der Waals surface area (Å²) in [6.07, 6.45) is 4.51. The van der Waals surface area contributed by atoms with Crippen LogP contribution in [0.2, 0.25) is 0 Å². The number of halogens is 1. The number of para-hydroxylation sites is 2. The van der Waals surface area contributed by atoms with Gasteiger partial charge in [-0.05, 0) is 55.2 Å². The van der Waals surface area contributed by atoms with Gasteiger partial charge in [0.15, 0.2) is 0 Å². The molecule has 2 aliphatic rings. The first-order chi connectivity index (χ1) is 23.6. The predicted molar refractivity (Wildman–Crippen MR) is 188 cm³/mol. The van der Waals surface area contributed by atoms with E-state index in [2.05, 4.69) is 26.0 Å². The maximum absolute atomic E-state index is 14.0. The molecule has 6 rings (SSSR count). The topological polar surface area (TPSA) is 126 Å². The van der Waals surface area contributed by atoms with Gasteiger partial charge in [-0.15, -0.1) is 5.10 Å². The van der Waals surface area contributed by atoms with Crippen LogP contribution in [-0.4, -0.2) is 91.5 Å². The van der Waals surface area contributed by atoms with Crippen molar-refractivity contribution in [3.05, 3.63) is 82.8 Å². The summed E-state index contributed by atoms with van der Waals surface area (Å²) in [5.41, 5.74) is 5.51. The molecule has 0 unspecified atom stereocenters. The van der Waals surface area contributed by atoms with Gasteiger partial charge in [0.05, 0.1) is 55.7 Å². The number of fused-ring (bicyclic) bond motifs is 2. The average Bonchev–Trinajstić information content (AvgIpc) is 3.81. The van der Waals surface area contributed by atoms with Gasteiger partial charge in [0.2, 0.25) is 0 Å². The van der Waals surface area contributed by atoms with Crippen molar-refractivity contribution in [1.82, 2.24) is 39.9 Å².